The van der Waals surface area contributed by atoms with Gasteiger partial charge in [-0.1, -0.05) is 0 Å². The van der Waals surface area contributed by atoms with E-state index >= 15 is 0 Å². The number of sulfonamides is 1. The highest BCUT2D eigenvalue weighted by Crippen LogP contribution is 2.11. The van der Waals surface area contributed by atoms with Crippen LogP contribution >= 0.6 is 0 Å². The van der Waals surface area contributed by atoms with E-state index in [2.05, 4.69) is 4.72 Å². The Bertz CT molecular complexity index is 632. The van der Waals surface area contributed by atoms with Crippen LogP contribution in [0, 0.1) is 12.7 Å². The molecular formula is C12H12FNO3S. The normalized spacial score (nSPS) is 11.7. The fourth-order valence-electron chi connectivity index (χ4n) is 1.44. The molecule has 0 amide bonds. The van der Waals surface area contributed by atoms with Gasteiger partial charge in [0.05, 0.1) is 11.4 Å². The predicted octanol–water partition coefficient (Wildman–Crippen LogP) is 2.21. The molecule has 0 aliphatic rings. The van der Waals surface area contributed by atoms with Gasteiger partial charge in [-0.25, -0.2) is 17.5 Å². The van der Waals surface area contributed by atoms with Crippen LogP contribution in [0.2, 0.25) is 0 Å². The topological polar surface area (TPSA) is 59.3 Å². The van der Waals surface area contributed by atoms with Gasteiger partial charge in [0.1, 0.15) is 17.3 Å². The average Bonchev–Trinajstić information content (AvgIpc) is 2.73. The van der Waals surface area contributed by atoms with Crippen molar-refractivity contribution < 1.29 is 17.2 Å². The molecule has 0 unspecified atom stereocenters. The predicted molar refractivity (Wildman–Crippen MR) is 63.9 cm³/mol. The van der Waals surface area contributed by atoms with Gasteiger partial charge >= 0.3 is 0 Å². The van der Waals surface area contributed by atoms with Gasteiger partial charge in [0, 0.05) is 0 Å². The Morgan fingerprint density at radius 3 is 2.39 bits per heavy atom. The smallest absolute Gasteiger partial charge is 0.240 e. The summed E-state index contributed by atoms with van der Waals surface area (Å²) in [5.74, 6) is 0.764. The number of hydrogen-bond acceptors (Lipinski definition) is 3. The molecule has 0 fully saturated rings. The van der Waals surface area contributed by atoms with E-state index in [1.165, 1.54) is 12.1 Å². The lowest BCUT2D eigenvalue weighted by atomic mass is 10.4. The summed E-state index contributed by atoms with van der Waals surface area (Å²) in [5, 5.41) is 0. The van der Waals surface area contributed by atoms with Gasteiger partial charge in [0.2, 0.25) is 10.0 Å². The van der Waals surface area contributed by atoms with Crippen LogP contribution in [0.25, 0.3) is 0 Å². The van der Waals surface area contributed by atoms with Crippen molar-refractivity contribution in [2.75, 3.05) is 0 Å². The van der Waals surface area contributed by atoms with E-state index in [1.54, 1.807) is 19.1 Å². The Labute approximate surface area is 104 Å². The maximum Gasteiger partial charge on any atom is 0.240 e. The zero-order valence-corrected chi connectivity index (χ0v) is 10.5. The van der Waals surface area contributed by atoms with Gasteiger partial charge in [0.15, 0.2) is 0 Å². The number of halogens is 1. The number of furan rings is 1. The zero-order chi connectivity index (χ0) is 13.2. The summed E-state index contributed by atoms with van der Waals surface area (Å²) in [6.07, 6.45) is 0. The minimum Gasteiger partial charge on any atom is -0.465 e. The first-order valence-electron chi connectivity index (χ1n) is 5.28. The number of benzene rings is 1. The number of hydrogen-bond donors (Lipinski definition) is 1. The lowest BCUT2D eigenvalue weighted by Gasteiger charge is -2.05. The summed E-state index contributed by atoms with van der Waals surface area (Å²) in [4.78, 5) is 0.0205. The average molecular weight is 269 g/mol. The summed E-state index contributed by atoms with van der Waals surface area (Å²) in [6.45, 7) is 1.84. The minimum atomic E-state index is -3.64. The molecule has 0 saturated heterocycles. The second-order valence-corrected chi connectivity index (χ2v) is 5.56. The molecule has 1 N–H and O–H groups in total. The fourth-order valence-corrected chi connectivity index (χ4v) is 2.44. The molecule has 18 heavy (non-hydrogen) atoms. The zero-order valence-electron chi connectivity index (χ0n) is 9.68. The van der Waals surface area contributed by atoms with Crippen molar-refractivity contribution in [2.24, 2.45) is 0 Å². The van der Waals surface area contributed by atoms with Gasteiger partial charge in [-0.15, -0.1) is 0 Å². The molecule has 0 saturated carbocycles. The van der Waals surface area contributed by atoms with E-state index in [1.807, 2.05) is 0 Å². The number of rotatable bonds is 4. The fraction of sp³-hybridized carbons (Fsp3) is 0.167. The largest absolute Gasteiger partial charge is 0.465 e. The molecule has 0 bridgehead atoms. The van der Waals surface area contributed by atoms with Crippen LogP contribution in [0.1, 0.15) is 11.5 Å². The summed E-state index contributed by atoms with van der Waals surface area (Å²) in [7, 11) is -3.64. The maximum atomic E-state index is 12.7. The molecule has 2 rings (SSSR count). The molecule has 2 aromatic rings. The first kappa shape index (κ1) is 12.8. The molecule has 0 aliphatic carbocycles. The van der Waals surface area contributed by atoms with Crippen molar-refractivity contribution in [1.29, 1.82) is 0 Å². The van der Waals surface area contributed by atoms with Crippen LogP contribution in [0.4, 0.5) is 4.39 Å². The molecule has 4 nitrogen and oxygen atoms in total. The van der Waals surface area contributed by atoms with Crippen molar-refractivity contribution in [1.82, 2.24) is 4.72 Å². The van der Waals surface area contributed by atoms with Crippen LogP contribution in [0.3, 0.4) is 0 Å². The summed E-state index contributed by atoms with van der Waals surface area (Å²) >= 11 is 0. The molecule has 0 aliphatic heterocycles. The van der Waals surface area contributed by atoms with Crippen LogP contribution in [-0.2, 0) is 16.6 Å². The quantitative estimate of drug-likeness (QED) is 0.925. The third kappa shape index (κ3) is 2.96. The third-order valence-corrected chi connectivity index (χ3v) is 3.77. The van der Waals surface area contributed by atoms with E-state index in [-0.39, 0.29) is 11.4 Å². The van der Waals surface area contributed by atoms with Gasteiger partial charge in [0.25, 0.3) is 0 Å². The van der Waals surface area contributed by atoms with Gasteiger partial charge in [-0.2, -0.15) is 0 Å². The first-order valence-corrected chi connectivity index (χ1v) is 6.76. The summed E-state index contributed by atoms with van der Waals surface area (Å²) in [6, 6.07) is 8.08. The van der Waals surface area contributed by atoms with Crippen molar-refractivity contribution in [3.05, 3.63) is 53.7 Å². The van der Waals surface area contributed by atoms with Gasteiger partial charge in [-0.3, -0.25) is 0 Å². The second kappa shape index (κ2) is 4.91. The van der Waals surface area contributed by atoms with Crippen molar-refractivity contribution in [3.8, 4) is 0 Å². The lowest BCUT2D eigenvalue weighted by Crippen LogP contribution is -2.22. The van der Waals surface area contributed by atoms with Crippen LogP contribution in [-0.4, -0.2) is 8.42 Å². The Hall–Kier alpha value is -1.66. The molecule has 0 atom stereocenters. The third-order valence-electron chi connectivity index (χ3n) is 2.36. The van der Waals surface area contributed by atoms with Crippen LogP contribution in [0.5, 0.6) is 0 Å². The Morgan fingerprint density at radius 1 is 1.17 bits per heavy atom. The molecule has 6 heteroatoms. The molecule has 0 spiro atoms. The Balaban J connectivity index is 2.10. The number of nitrogens with one attached hydrogen (secondary N) is 1. The van der Waals surface area contributed by atoms with Crippen LogP contribution < -0.4 is 4.72 Å². The highest BCUT2D eigenvalue weighted by Gasteiger charge is 2.14. The number of aryl methyl sites for hydroxylation is 1. The molecule has 1 aromatic carbocycles. The molecular weight excluding hydrogens is 257 g/mol. The SMILES string of the molecule is Cc1ccc(CNS(=O)(=O)c2ccc(F)cc2)o1. The van der Waals surface area contributed by atoms with E-state index < -0.39 is 15.8 Å². The van der Waals surface area contributed by atoms with Crippen molar-refractivity contribution in [3.63, 3.8) is 0 Å². The lowest BCUT2D eigenvalue weighted by molar-refractivity contribution is 0.475. The minimum absolute atomic E-state index is 0.0205. The van der Waals surface area contributed by atoms with E-state index in [4.69, 9.17) is 4.42 Å². The standard InChI is InChI=1S/C12H12FNO3S/c1-9-2-5-11(17-9)8-14-18(15,16)12-6-3-10(13)4-7-12/h2-7,14H,8H2,1H3. The summed E-state index contributed by atoms with van der Waals surface area (Å²) in [5.41, 5.74) is 0. The second-order valence-electron chi connectivity index (χ2n) is 3.79. The highest BCUT2D eigenvalue weighted by atomic mass is 32.2. The first-order chi connectivity index (χ1) is 8.47. The van der Waals surface area contributed by atoms with Crippen molar-refractivity contribution in [2.45, 2.75) is 18.4 Å². The van der Waals surface area contributed by atoms with E-state index in [0.29, 0.717) is 11.5 Å². The maximum absolute atomic E-state index is 12.7. The van der Waals surface area contributed by atoms with Gasteiger partial charge in [-0.05, 0) is 43.3 Å². The summed E-state index contributed by atoms with van der Waals surface area (Å²) < 4.78 is 44.0. The van der Waals surface area contributed by atoms with Gasteiger partial charge < -0.3 is 4.42 Å². The Kier molecular flexibility index (Phi) is 3.49. The molecule has 1 heterocycles. The monoisotopic (exact) mass is 269 g/mol. The van der Waals surface area contributed by atoms with Crippen molar-refractivity contribution >= 4 is 10.0 Å². The van der Waals surface area contributed by atoms with Crippen LogP contribution in [0.15, 0.2) is 45.7 Å². The van der Waals surface area contributed by atoms with E-state index in [0.717, 1.165) is 12.1 Å². The highest BCUT2D eigenvalue weighted by molar-refractivity contribution is 7.89. The molecule has 0 radical (unpaired) electrons. The van der Waals surface area contributed by atoms with E-state index in [9.17, 15) is 12.8 Å². The molecule has 1 aromatic heterocycles. The molecule has 96 valence electrons. The Morgan fingerprint density at radius 2 is 1.83 bits per heavy atom.